The molecule has 2 nitrogen and oxygen atoms in total. The molecule has 0 aromatic carbocycles. The zero-order chi connectivity index (χ0) is 8.27. The Morgan fingerprint density at radius 3 is 2.27 bits per heavy atom. The van der Waals surface area contributed by atoms with Gasteiger partial charge in [-0.3, -0.25) is 4.90 Å². The topological polar surface area (TPSA) is 12.5 Å². The van der Waals surface area contributed by atoms with Crippen molar-refractivity contribution in [3.05, 3.63) is 0 Å². The van der Waals surface area contributed by atoms with Crippen molar-refractivity contribution in [3.63, 3.8) is 0 Å². The molecule has 11 heavy (non-hydrogen) atoms. The van der Waals surface area contributed by atoms with E-state index in [1.165, 1.54) is 13.0 Å². The summed E-state index contributed by atoms with van der Waals surface area (Å²) in [5.41, 5.74) is 0. The summed E-state index contributed by atoms with van der Waals surface area (Å²) in [6.07, 6.45) is 2.09. The van der Waals surface area contributed by atoms with Gasteiger partial charge in [-0.15, -0.1) is 0 Å². The minimum Gasteiger partial charge on any atom is -0.373 e. The Hall–Kier alpha value is -0.0800. The van der Waals surface area contributed by atoms with Gasteiger partial charge in [0.15, 0.2) is 0 Å². The van der Waals surface area contributed by atoms with Crippen molar-refractivity contribution >= 4 is 0 Å². The molecule has 1 fully saturated rings. The summed E-state index contributed by atoms with van der Waals surface area (Å²) in [4.78, 5) is 2.48. The summed E-state index contributed by atoms with van der Waals surface area (Å²) in [7, 11) is 0. The molecule has 66 valence electrons. The first kappa shape index (κ1) is 9.01. The molecule has 0 aromatic rings. The van der Waals surface area contributed by atoms with Crippen molar-refractivity contribution in [1.82, 2.24) is 4.90 Å². The summed E-state index contributed by atoms with van der Waals surface area (Å²) in [6, 6.07) is 0. The Bertz CT molecular complexity index is 106. The lowest BCUT2D eigenvalue weighted by Crippen LogP contribution is -2.45. The lowest BCUT2D eigenvalue weighted by Gasteiger charge is -2.35. The second-order valence-electron chi connectivity index (χ2n) is 3.52. The molecule has 0 spiro atoms. The molecule has 1 rings (SSSR count). The fourth-order valence-electron chi connectivity index (χ4n) is 1.78. The van der Waals surface area contributed by atoms with Gasteiger partial charge >= 0.3 is 0 Å². The largest absolute Gasteiger partial charge is 0.373 e. The minimum atomic E-state index is 0.422. The Labute approximate surface area is 69.5 Å². The van der Waals surface area contributed by atoms with Gasteiger partial charge < -0.3 is 4.74 Å². The van der Waals surface area contributed by atoms with Crippen molar-refractivity contribution in [2.75, 3.05) is 19.6 Å². The van der Waals surface area contributed by atoms with Gasteiger partial charge in [-0.2, -0.15) is 0 Å². The van der Waals surface area contributed by atoms with Crippen molar-refractivity contribution in [2.45, 2.75) is 39.4 Å². The predicted octanol–water partition coefficient (Wildman–Crippen LogP) is 1.51. The van der Waals surface area contributed by atoms with Gasteiger partial charge in [0.05, 0.1) is 12.2 Å². The van der Waals surface area contributed by atoms with E-state index in [1.54, 1.807) is 0 Å². The fraction of sp³-hybridized carbons (Fsp3) is 1.00. The number of hydrogen-bond donors (Lipinski definition) is 0. The van der Waals surface area contributed by atoms with Gasteiger partial charge in [-0.25, -0.2) is 0 Å². The molecular weight excluding hydrogens is 138 g/mol. The van der Waals surface area contributed by atoms with E-state index in [4.69, 9.17) is 4.74 Å². The van der Waals surface area contributed by atoms with Gasteiger partial charge in [0.25, 0.3) is 0 Å². The third kappa shape index (κ3) is 2.80. The molecule has 2 atom stereocenters. The highest BCUT2D eigenvalue weighted by Crippen LogP contribution is 2.10. The van der Waals surface area contributed by atoms with E-state index in [2.05, 4.69) is 25.7 Å². The van der Waals surface area contributed by atoms with E-state index in [0.29, 0.717) is 12.2 Å². The fourth-order valence-corrected chi connectivity index (χ4v) is 1.78. The number of ether oxygens (including phenoxy) is 1. The predicted molar refractivity (Wildman–Crippen MR) is 46.7 cm³/mol. The van der Waals surface area contributed by atoms with E-state index in [-0.39, 0.29) is 0 Å². The van der Waals surface area contributed by atoms with Gasteiger partial charge in [0.2, 0.25) is 0 Å². The highest BCUT2D eigenvalue weighted by Gasteiger charge is 2.20. The normalized spacial score (nSPS) is 34.1. The molecule has 0 amide bonds. The van der Waals surface area contributed by atoms with Crippen LogP contribution in [0.3, 0.4) is 0 Å². The number of morpholine rings is 1. The van der Waals surface area contributed by atoms with Crippen LogP contribution in [0.15, 0.2) is 0 Å². The van der Waals surface area contributed by atoms with Crippen LogP contribution in [0.5, 0.6) is 0 Å². The van der Waals surface area contributed by atoms with Crippen LogP contribution in [0.1, 0.15) is 27.2 Å². The Kier molecular flexibility index (Phi) is 3.34. The molecule has 0 aliphatic carbocycles. The smallest absolute Gasteiger partial charge is 0.0678 e. The number of nitrogens with zero attached hydrogens (tertiary/aromatic N) is 1. The van der Waals surface area contributed by atoms with E-state index in [1.807, 2.05) is 0 Å². The van der Waals surface area contributed by atoms with E-state index >= 15 is 0 Å². The molecule has 1 aliphatic heterocycles. The summed E-state index contributed by atoms with van der Waals surface area (Å²) in [6.45, 7) is 9.97. The third-order valence-corrected chi connectivity index (χ3v) is 2.04. The Morgan fingerprint density at radius 1 is 1.27 bits per heavy atom. The first-order chi connectivity index (χ1) is 5.22. The van der Waals surface area contributed by atoms with Crippen molar-refractivity contribution < 1.29 is 4.74 Å². The molecule has 1 aliphatic rings. The van der Waals surface area contributed by atoms with Crippen LogP contribution in [0, 0.1) is 0 Å². The van der Waals surface area contributed by atoms with Crippen LogP contribution < -0.4 is 0 Å². The Balaban J connectivity index is 2.30. The zero-order valence-electron chi connectivity index (χ0n) is 7.84. The van der Waals surface area contributed by atoms with Crippen LogP contribution >= 0.6 is 0 Å². The average Bonchev–Trinajstić information content (AvgIpc) is 1.85. The van der Waals surface area contributed by atoms with Crippen LogP contribution in [0.25, 0.3) is 0 Å². The minimum absolute atomic E-state index is 0.422. The van der Waals surface area contributed by atoms with Crippen molar-refractivity contribution in [1.29, 1.82) is 0 Å². The summed E-state index contributed by atoms with van der Waals surface area (Å²) in [5.74, 6) is 0. The van der Waals surface area contributed by atoms with E-state index in [9.17, 15) is 0 Å². The molecule has 0 radical (unpaired) electrons. The van der Waals surface area contributed by atoms with Crippen LogP contribution in [-0.2, 0) is 4.74 Å². The standard InChI is InChI=1S/C9H19NO/c1-4-5-10-6-8(2)11-9(3)7-10/h8-9H,4-7H2,1-3H3/t8-,9+. The van der Waals surface area contributed by atoms with Gasteiger partial charge in [0.1, 0.15) is 0 Å². The molecule has 1 saturated heterocycles. The number of hydrogen-bond acceptors (Lipinski definition) is 2. The summed E-state index contributed by atoms with van der Waals surface area (Å²) in [5, 5.41) is 0. The lowest BCUT2D eigenvalue weighted by molar-refractivity contribution is -0.0677. The zero-order valence-corrected chi connectivity index (χ0v) is 7.84. The quantitative estimate of drug-likeness (QED) is 0.602. The van der Waals surface area contributed by atoms with Gasteiger partial charge in [0, 0.05) is 13.1 Å². The van der Waals surface area contributed by atoms with Crippen LogP contribution in [-0.4, -0.2) is 36.7 Å². The SMILES string of the molecule is CCCN1C[C@@H](C)O[C@@H](C)C1. The second kappa shape index (κ2) is 4.07. The monoisotopic (exact) mass is 157 g/mol. The lowest BCUT2D eigenvalue weighted by atomic mass is 10.2. The second-order valence-corrected chi connectivity index (χ2v) is 3.52. The molecule has 0 bridgehead atoms. The highest BCUT2D eigenvalue weighted by atomic mass is 16.5. The highest BCUT2D eigenvalue weighted by molar-refractivity contribution is 4.72. The maximum atomic E-state index is 5.62. The van der Waals surface area contributed by atoms with Crippen LogP contribution in [0.2, 0.25) is 0 Å². The summed E-state index contributed by atoms with van der Waals surface area (Å²) >= 11 is 0. The van der Waals surface area contributed by atoms with E-state index < -0.39 is 0 Å². The Morgan fingerprint density at radius 2 is 1.82 bits per heavy atom. The molecule has 0 aromatic heterocycles. The third-order valence-electron chi connectivity index (χ3n) is 2.04. The first-order valence-corrected chi connectivity index (χ1v) is 4.60. The summed E-state index contributed by atoms with van der Waals surface area (Å²) < 4.78 is 5.62. The average molecular weight is 157 g/mol. The van der Waals surface area contributed by atoms with E-state index in [0.717, 1.165) is 13.1 Å². The molecule has 0 N–H and O–H groups in total. The van der Waals surface area contributed by atoms with Gasteiger partial charge in [-0.05, 0) is 26.8 Å². The van der Waals surface area contributed by atoms with Crippen LogP contribution in [0.4, 0.5) is 0 Å². The number of rotatable bonds is 2. The first-order valence-electron chi connectivity index (χ1n) is 4.60. The molecule has 0 unspecified atom stereocenters. The molecular formula is C9H19NO. The van der Waals surface area contributed by atoms with Gasteiger partial charge in [-0.1, -0.05) is 6.92 Å². The maximum absolute atomic E-state index is 5.62. The maximum Gasteiger partial charge on any atom is 0.0678 e. The molecule has 0 saturated carbocycles. The van der Waals surface area contributed by atoms with Crippen molar-refractivity contribution in [3.8, 4) is 0 Å². The molecule has 2 heteroatoms. The molecule has 1 heterocycles. The van der Waals surface area contributed by atoms with Crippen molar-refractivity contribution in [2.24, 2.45) is 0 Å².